The van der Waals surface area contributed by atoms with Crippen molar-refractivity contribution in [3.63, 3.8) is 0 Å². The van der Waals surface area contributed by atoms with E-state index in [0.717, 1.165) is 38.8 Å². The Morgan fingerprint density at radius 1 is 1.45 bits per heavy atom. The van der Waals surface area contributed by atoms with E-state index in [1.807, 2.05) is 27.7 Å². The normalized spacial score (nSPS) is 27.3. The number of carbonyl (C=O) groups is 1. The van der Waals surface area contributed by atoms with Crippen molar-refractivity contribution in [3.05, 3.63) is 0 Å². The second-order valence-corrected chi connectivity index (χ2v) is 7.63. The second kappa shape index (κ2) is 8.16. The van der Waals surface area contributed by atoms with E-state index < -0.39 is 5.60 Å². The standard InChI is InChI=1S/C17H34N2O3/c1-7-17(6)12-14(9-11-21-17)18-10-8-13(2)19-15(20)22-16(3,4)5/h13-14,18H,7-12H2,1-6H3,(H,19,20). The fraction of sp³-hybridized carbons (Fsp3) is 0.941. The Kier molecular flexibility index (Phi) is 7.13. The van der Waals surface area contributed by atoms with Gasteiger partial charge in [0.15, 0.2) is 0 Å². The molecule has 0 radical (unpaired) electrons. The van der Waals surface area contributed by atoms with E-state index in [1.54, 1.807) is 0 Å². The average Bonchev–Trinajstić information content (AvgIpc) is 2.36. The van der Waals surface area contributed by atoms with Crippen LogP contribution in [0.1, 0.15) is 67.2 Å². The molecule has 0 saturated carbocycles. The van der Waals surface area contributed by atoms with E-state index in [1.165, 1.54) is 0 Å². The molecule has 0 aromatic rings. The molecule has 1 aliphatic heterocycles. The van der Waals surface area contributed by atoms with E-state index in [9.17, 15) is 4.79 Å². The predicted molar refractivity (Wildman–Crippen MR) is 89.1 cm³/mol. The first-order chi connectivity index (χ1) is 10.1. The molecule has 22 heavy (non-hydrogen) atoms. The van der Waals surface area contributed by atoms with Crippen LogP contribution in [-0.2, 0) is 9.47 Å². The van der Waals surface area contributed by atoms with E-state index in [0.29, 0.717) is 6.04 Å². The largest absolute Gasteiger partial charge is 0.444 e. The van der Waals surface area contributed by atoms with Gasteiger partial charge in [-0.1, -0.05) is 6.92 Å². The fourth-order valence-electron chi connectivity index (χ4n) is 2.64. The molecule has 0 aromatic carbocycles. The van der Waals surface area contributed by atoms with E-state index >= 15 is 0 Å². The third kappa shape index (κ3) is 7.45. The number of ether oxygens (including phenoxy) is 2. The molecule has 1 saturated heterocycles. The van der Waals surface area contributed by atoms with Crippen LogP contribution in [0.3, 0.4) is 0 Å². The van der Waals surface area contributed by atoms with Gasteiger partial charge >= 0.3 is 6.09 Å². The molecule has 5 heteroatoms. The van der Waals surface area contributed by atoms with Crippen molar-refractivity contribution >= 4 is 6.09 Å². The molecule has 2 N–H and O–H groups in total. The lowest BCUT2D eigenvalue weighted by Gasteiger charge is -2.38. The smallest absolute Gasteiger partial charge is 0.407 e. The van der Waals surface area contributed by atoms with Gasteiger partial charge in [0, 0.05) is 18.7 Å². The zero-order chi connectivity index (χ0) is 16.8. The van der Waals surface area contributed by atoms with Crippen LogP contribution in [0.4, 0.5) is 4.79 Å². The number of hydrogen-bond acceptors (Lipinski definition) is 4. The van der Waals surface area contributed by atoms with Crippen molar-refractivity contribution in [2.24, 2.45) is 0 Å². The molecule has 3 atom stereocenters. The highest BCUT2D eigenvalue weighted by molar-refractivity contribution is 5.67. The second-order valence-electron chi connectivity index (χ2n) is 7.63. The zero-order valence-corrected chi connectivity index (χ0v) is 15.1. The van der Waals surface area contributed by atoms with Crippen LogP contribution in [0, 0.1) is 0 Å². The van der Waals surface area contributed by atoms with Crippen LogP contribution in [0.2, 0.25) is 0 Å². The number of nitrogens with one attached hydrogen (secondary N) is 2. The van der Waals surface area contributed by atoms with Crippen molar-refractivity contribution in [1.29, 1.82) is 0 Å². The Morgan fingerprint density at radius 3 is 2.73 bits per heavy atom. The number of rotatable bonds is 6. The van der Waals surface area contributed by atoms with Crippen LogP contribution in [0.5, 0.6) is 0 Å². The van der Waals surface area contributed by atoms with Gasteiger partial charge < -0.3 is 20.1 Å². The molecule has 5 nitrogen and oxygen atoms in total. The molecule has 0 bridgehead atoms. The Labute approximate surface area is 135 Å². The van der Waals surface area contributed by atoms with Crippen LogP contribution in [0.25, 0.3) is 0 Å². The molecule has 0 spiro atoms. The van der Waals surface area contributed by atoms with Crippen LogP contribution in [0.15, 0.2) is 0 Å². The quantitative estimate of drug-likeness (QED) is 0.790. The minimum absolute atomic E-state index is 0.0102. The molecule has 130 valence electrons. The number of hydrogen-bond donors (Lipinski definition) is 2. The molecular formula is C17H34N2O3. The first kappa shape index (κ1) is 19.2. The van der Waals surface area contributed by atoms with Crippen molar-refractivity contribution < 1.29 is 14.3 Å². The summed E-state index contributed by atoms with van der Waals surface area (Å²) < 4.78 is 11.1. The van der Waals surface area contributed by atoms with Gasteiger partial charge in [0.05, 0.1) is 5.60 Å². The molecule has 1 aliphatic rings. The Bertz CT molecular complexity index is 354. The zero-order valence-electron chi connectivity index (χ0n) is 15.1. The van der Waals surface area contributed by atoms with E-state index in [-0.39, 0.29) is 17.7 Å². The molecular weight excluding hydrogens is 280 g/mol. The lowest BCUT2D eigenvalue weighted by Crippen LogP contribution is -2.46. The minimum atomic E-state index is -0.450. The number of amides is 1. The van der Waals surface area contributed by atoms with Gasteiger partial charge in [-0.3, -0.25) is 0 Å². The van der Waals surface area contributed by atoms with Gasteiger partial charge in [0.1, 0.15) is 5.60 Å². The highest BCUT2D eigenvalue weighted by Crippen LogP contribution is 2.27. The maximum Gasteiger partial charge on any atom is 0.407 e. The molecule has 1 heterocycles. The first-order valence-corrected chi connectivity index (χ1v) is 8.50. The summed E-state index contributed by atoms with van der Waals surface area (Å²) in [6.45, 7) is 13.7. The van der Waals surface area contributed by atoms with E-state index in [2.05, 4.69) is 24.5 Å². The van der Waals surface area contributed by atoms with Gasteiger partial charge in [0.2, 0.25) is 0 Å². The minimum Gasteiger partial charge on any atom is -0.444 e. The summed E-state index contributed by atoms with van der Waals surface area (Å²) in [4.78, 5) is 11.7. The predicted octanol–water partition coefficient (Wildman–Crippen LogP) is 3.23. The summed E-state index contributed by atoms with van der Waals surface area (Å²) in [5.74, 6) is 0. The fourth-order valence-corrected chi connectivity index (χ4v) is 2.64. The summed E-state index contributed by atoms with van der Waals surface area (Å²) in [6.07, 6.45) is 3.70. The van der Waals surface area contributed by atoms with Gasteiger partial charge in [-0.05, 0) is 66.8 Å². The monoisotopic (exact) mass is 314 g/mol. The van der Waals surface area contributed by atoms with Crippen molar-refractivity contribution in [1.82, 2.24) is 10.6 Å². The Balaban J connectivity index is 2.22. The van der Waals surface area contributed by atoms with Crippen LogP contribution < -0.4 is 10.6 Å². The SMILES string of the molecule is CCC1(C)CC(NCCC(C)NC(=O)OC(C)(C)C)CCO1. The van der Waals surface area contributed by atoms with Crippen molar-refractivity contribution in [3.8, 4) is 0 Å². The maximum atomic E-state index is 11.7. The van der Waals surface area contributed by atoms with Crippen molar-refractivity contribution in [2.75, 3.05) is 13.2 Å². The third-order valence-corrected chi connectivity index (χ3v) is 4.12. The molecule has 1 fully saturated rings. The topological polar surface area (TPSA) is 59.6 Å². The van der Waals surface area contributed by atoms with Crippen molar-refractivity contribution in [2.45, 2.75) is 90.5 Å². The molecule has 3 unspecified atom stereocenters. The molecule has 0 aliphatic carbocycles. The van der Waals surface area contributed by atoms with Gasteiger partial charge in [-0.15, -0.1) is 0 Å². The summed E-state index contributed by atoms with van der Waals surface area (Å²) in [5.41, 5.74) is -0.439. The third-order valence-electron chi connectivity index (χ3n) is 4.12. The molecule has 0 aromatic heterocycles. The molecule has 1 amide bonds. The van der Waals surface area contributed by atoms with Gasteiger partial charge in [0.25, 0.3) is 0 Å². The Hall–Kier alpha value is -0.810. The average molecular weight is 314 g/mol. The van der Waals surface area contributed by atoms with Gasteiger partial charge in [-0.25, -0.2) is 4.79 Å². The summed E-state index contributed by atoms with van der Waals surface area (Å²) in [7, 11) is 0. The maximum absolute atomic E-state index is 11.7. The number of carbonyl (C=O) groups excluding carboxylic acids is 1. The highest BCUT2D eigenvalue weighted by Gasteiger charge is 2.31. The highest BCUT2D eigenvalue weighted by atomic mass is 16.6. The van der Waals surface area contributed by atoms with E-state index in [4.69, 9.17) is 9.47 Å². The summed E-state index contributed by atoms with van der Waals surface area (Å²) in [6, 6.07) is 0.604. The number of alkyl carbamates (subject to hydrolysis) is 1. The van der Waals surface area contributed by atoms with Gasteiger partial charge in [-0.2, -0.15) is 0 Å². The summed E-state index contributed by atoms with van der Waals surface area (Å²) in [5, 5.41) is 6.47. The molecule has 1 rings (SSSR count). The first-order valence-electron chi connectivity index (χ1n) is 8.50. The lowest BCUT2D eigenvalue weighted by atomic mass is 9.90. The lowest BCUT2D eigenvalue weighted by molar-refractivity contribution is -0.0778. The van der Waals surface area contributed by atoms with Crippen LogP contribution >= 0.6 is 0 Å². The summed E-state index contributed by atoms with van der Waals surface area (Å²) >= 11 is 0. The van der Waals surface area contributed by atoms with Crippen LogP contribution in [-0.4, -0.2) is 42.5 Å². The Morgan fingerprint density at radius 2 is 2.14 bits per heavy atom.